The molecule has 0 saturated carbocycles. The van der Waals surface area contributed by atoms with Crippen molar-refractivity contribution in [2.75, 3.05) is 6.54 Å². The summed E-state index contributed by atoms with van der Waals surface area (Å²) in [7, 11) is 0. The molecule has 2 aromatic carbocycles. The van der Waals surface area contributed by atoms with Crippen molar-refractivity contribution in [1.29, 1.82) is 0 Å². The number of rotatable bonds is 5. The van der Waals surface area contributed by atoms with Crippen molar-refractivity contribution in [2.24, 2.45) is 5.73 Å². The first-order valence-electron chi connectivity index (χ1n) is 6.29. The Bertz CT molecular complexity index is 635. The van der Waals surface area contributed by atoms with Gasteiger partial charge in [0.15, 0.2) is 11.6 Å². The Balaban J connectivity index is 2.31. The van der Waals surface area contributed by atoms with E-state index in [2.05, 4.69) is 0 Å². The molecule has 0 amide bonds. The van der Waals surface area contributed by atoms with Crippen LogP contribution in [-0.2, 0) is 0 Å². The van der Waals surface area contributed by atoms with Gasteiger partial charge in [-0.3, -0.25) is 9.59 Å². The minimum Gasteiger partial charge on any atom is -0.507 e. The summed E-state index contributed by atoms with van der Waals surface area (Å²) in [5.41, 5.74) is 6.35. The minimum atomic E-state index is -0.277. The maximum Gasteiger partial charge on any atom is 0.196 e. The summed E-state index contributed by atoms with van der Waals surface area (Å²) in [5, 5.41) is 9.94. The summed E-state index contributed by atoms with van der Waals surface area (Å²) < 4.78 is 0. The number of phenolic OH excluding ortho intramolecular Hbond substituents is 1. The summed E-state index contributed by atoms with van der Waals surface area (Å²) >= 11 is 0. The Morgan fingerprint density at radius 1 is 1.00 bits per heavy atom. The smallest absolute Gasteiger partial charge is 0.196 e. The molecule has 0 radical (unpaired) electrons. The Morgan fingerprint density at radius 3 is 2.30 bits per heavy atom. The van der Waals surface area contributed by atoms with Crippen LogP contribution in [0.25, 0.3) is 0 Å². The molecule has 0 fully saturated rings. The van der Waals surface area contributed by atoms with Crippen LogP contribution in [0.3, 0.4) is 0 Å². The van der Waals surface area contributed by atoms with Crippen LogP contribution in [0.15, 0.2) is 48.5 Å². The Kier molecular flexibility index (Phi) is 4.27. The predicted molar refractivity (Wildman–Crippen MR) is 76.0 cm³/mol. The Labute approximate surface area is 116 Å². The number of Topliss-reactive ketones (excluding diaryl/α,β-unsaturated/α-hetero) is 1. The number of carbonyl (C=O) groups excluding carboxylic acids is 2. The van der Waals surface area contributed by atoms with Gasteiger partial charge in [0, 0.05) is 17.5 Å². The van der Waals surface area contributed by atoms with Gasteiger partial charge in [0.25, 0.3) is 0 Å². The first kappa shape index (κ1) is 14.0. The van der Waals surface area contributed by atoms with Crippen LogP contribution in [-0.4, -0.2) is 23.2 Å². The van der Waals surface area contributed by atoms with Crippen LogP contribution in [0, 0.1) is 0 Å². The molecule has 2 aromatic rings. The third-order valence-corrected chi connectivity index (χ3v) is 2.97. The van der Waals surface area contributed by atoms with E-state index in [1.54, 1.807) is 24.3 Å². The molecule has 0 heterocycles. The van der Waals surface area contributed by atoms with Crippen molar-refractivity contribution >= 4 is 11.6 Å². The zero-order valence-corrected chi connectivity index (χ0v) is 10.9. The Morgan fingerprint density at radius 2 is 1.70 bits per heavy atom. The molecule has 20 heavy (non-hydrogen) atoms. The standard InChI is InChI=1S/C16H15NO3/c17-9-8-14(18)12-6-7-13(15(19)10-12)16(20)11-4-2-1-3-5-11/h1-7,10,19H,8-9,17H2. The van der Waals surface area contributed by atoms with Gasteiger partial charge in [-0.05, 0) is 18.7 Å². The lowest BCUT2D eigenvalue weighted by atomic mass is 9.99. The highest BCUT2D eigenvalue weighted by molar-refractivity contribution is 6.11. The first-order chi connectivity index (χ1) is 9.63. The quantitative estimate of drug-likeness (QED) is 0.815. The molecule has 0 aliphatic heterocycles. The molecule has 0 saturated heterocycles. The molecule has 2 rings (SSSR count). The van der Waals surface area contributed by atoms with Crippen LogP contribution in [0.2, 0.25) is 0 Å². The second kappa shape index (κ2) is 6.12. The molecule has 0 atom stereocenters. The second-order valence-corrected chi connectivity index (χ2v) is 4.39. The van der Waals surface area contributed by atoms with Gasteiger partial charge in [-0.2, -0.15) is 0 Å². The van der Waals surface area contributed by atoms with Gasteiger partial charge >= 0.3 is 0 Å². The van der Waals surface area contributed by atoms with E-state index in [9.17, 15) is 14.7 Å². The molecule has 3 N–H and O–H groups in total. The van der Waals surface area contributed by atoms with Crippen molar-refractivity contribution < 1.29 is 14.7 Å². The SMILES string of the molecule is NCCC(=O)c1ccc(C(=O)c2ccccc2)c(O)c1. The summed E-state index contributed by atoms with van der Waals surface area (Å²) in [6, 6.07) is 13.0. The fraction of sp³-hybridized carbons (Fsp3) is 0.125. The number of aromatic hydroxyl groups is 1. The fourth-order valence-corrected chi connectivity index (χ4v) is 1.92. The monoisotopic (exact) mass is 269 g/mol. The molecule has 0 unspecified atom stereocenters. The molecule has 0 aliphatic carbocycles. The number of phenols is 1. The first-order valence-corrected chi connectivity index (χ1v) is 6.29. The lowest BCUT2D eigenvalue weighted by Gasteiger charge is -2.06. The van der Waals surface area contributed by atoms with E-state index in [1.807, 2.05) is 6.07 Å². The van der Waals surface area contributed by atoms with E-state index in [-0.39, 0.29) is 35.8 Å². The van der Waals surface area contributed by atoms with E-state index in [0.717, 1.165) is 0 Å². The van der Waals surface area contributed by atoms with Gasteiger partial charge in [-0.25, -0.2) is 0 Å². The lowest BCUT2D eigenvalue weighted by molar-refractivity contribution is 0.0982. The molecule has 4 heteroatoms. The van der Waals surface area contributed by atoms with E-state index >= 15 is 0 Å². The molecular weight excluding hydrogens is 254 g/mol. The van der Waals surface area contributed by atoms with Crippen molar-refractivity contribution in [3.8, 4) is 5.75 Å². The zero-order chi connectivity index (χ0) is 14.5. The minimum absolute atomic E-state index is 0.151. The average Bonchev–Trinajstić information content (AvgIpc) is 2.47. The van der Waals surface area contributed by atoms with Gasteiger partial charge in [0.2, 0.25) is 0 Å². The zero-order valence-electron chi connectivity index (χ0n) is 10.9. The topological polar surface area (TPSA) is 80.4 Å². The second-order valence-electron chi connectivity index (χ2n) is 4.39. The van der Waals surface area contributed by atoms with Gasteiger partial charge in [-0.15, -0.1) is 0 Å². The van der Waals surface area contributed by atoms with Crippen molar-refractivity contribution in [1.82, 2.24) is 0 Å². The summed E-state index contributed by atoms with van der Waals surface area (Å²) in [6.07, 6.45) is 0.214. The Hall–Kier alpha value is -2.46. The average molecular weight is 269 g/mol. The summed E-state index contributed by atoms with van der Waals surface area (Å²) in [6.45, 7) is 0.254. The van der Waals surface area contributed by atoms with Gasteiger partial charge in [-0.1, -0.05) is 36.4 Å². The fourth-order valence-electron chi connectivity index (χ4n) is 1.92. The molecule has 4 nitrogen and oxygen atoms in total. The highest BCUT2D eigenvalue weighted by atomic mass is 16.3. The van der Waals surface area contributed by atoms with Gasteiger partial charge in [0.1, 0.15) is 5.75 Å². The molecule has 102 valence electrons. The van der Waals surface area contributed by atoms with Crippen LogP contribution in [0.1, 0.15) is 32.7 Å². The van der Waals surface area contributed by atoms with Gasteiger partial charge < -0.3 is 10.8 Å². The third kappa shape index (κ3) is 2.92. The van der Waals surface area contributed by atoms with E-state index in [0.29, 0.717) is 11.1 Å². The largest absolute Gasteiger partial charge is 0.507 e. The van der Waals surface area contributed by atoms with Crippen molar-refractivity contribution in [3.63, 3.8) is 0 Å². The van der Waals surface area contributed by atoms with Crippen LogP contribution in [0.5, 0.6) is 5.75 Å². The van der Waals surface area contributed by atoms with E-state index in [4.69, 9.17) is 5.73 Å². The maximum atomic E-state index is 12.2. The number of nitrogens with two attached hydrogens (primary N) is 1. The molecular formula is C16H15NO3. The van der Waals surface area contributed by atoms with E-state index < -0.39 is 0 Å². The predicted octanol–water partition coefficient (Wildman–Crippen LogP) is 2.15. The highest BCUT2D eigenvalue weighted by Gasteiger charge is 2.15. The number of hydrogen-bond acceptors (Lipinski definition) is 4. The van der Waals surface area contributed by atoms with Crippen LogP contribution < -0.4 is 5.73 Å². The molecule has 0 bridgehead atoms. The van der Waals surface area contributed by atoms with Crippen LogP contribution in [0.4, 0.5) is 0 Å². The molecule has 0 aliphatic rings. The van der Waals surface area contributed by atoms with Crippen molar-refractivity contribution in [2.45, 2.75) is 6.42 Å². The third-order valence-electron chi connectivity index (χ3n) is 2.97. The van der Waals surface area contributed by atoms with Crippen molar-refractivity contribution in [3.05, 3.63) is 65.2 Å². The number of ketones is 2. The normalized spacial score (nSPS) is 10.2. The number of carbonyl (C=O) groups is 2. The van der Waals surface area contributed by atoms with Gasteiger partial charge in [0.05, 0.1) is 5.56 Å². The summed E-state index contributed by atoms with van der Waals surface area (Å²) in [5.74, 6) is -0.621. The highest BCUT2D eigenvalue weighted by Crippen LogP contribution is 2.22. The lowest BCUT2D eigenvalue weighted by Crippen LogP contribution is -2.09. The van der Waals surface area contributed by atoms with Crippen LogP contribution >= 0.6 is 0 Å². The van der Waals surface area contributed by atoms with E-state index in [1.165, 1.54) is 18.2 Å². The maximum absolute atomic E-state index is 12.2. The molecule has 0 aromatic heterocycles. The molecule has 0 spiro atoms. The number of hydrogen-bond donors (Lipinski definition) is 2. The number of benzene rings is 2. The summed E-state index contributed by atoms with van der Waals surface area (Å²) in [4.78, 5) is 23.9.